The molecule has 2 aromatic heterocycles. The van der Waals surface area contributed by atoms with E-state index >= 15 is 0 Å². The number of carbonyl (C=O) groups excluding carboxylic acids is 1. The van der Waals surface area contributed by atoms with Gasteiger partial charge in [0.25, 0.3) is 5.91 Å². The van der Waals surface area contributed by atoms with Crippen molar-refractivity contribution in [2.24, 2.45) is 0 Å². The summed E-state index contributed by atoms with van der Waals surface area (Å²) in [4.78, 5) is 12.3. The SMILES string of the molecule is O=C(NCC(O)C(F)(F)F)c1cc(-c2cccs2)on1. The molecule has 9 heteroatoms. The summed E-state index contributed by atoms with van der Waals surface area (Å²) in [6.45, 7) is -0.941. The Balaban J connectivity index is 1.97. The maximum absolute atomic E-state index is 12.1. The number of amides is 1. The lowest BCUT2D eigenvalue weighted by molar-refractivity contribution is -0.201. The Bertz CT molecular complexity index is 580. The fourth-order valence-corrected chi connectivity index (χ4v) is 1.99. The third kappa shape index (κ3) is 3.36. The standard InChI is InChI=1S/C11H9F3N2O3S/c12-11(13,14)9(17)5-15-10(18)6-4-7(19-16-6)8-2-1-3-20-8/h1-4,9,17H,5H2,(H,15,18). The number of hydrogen-bond donors (Lipinski definition) is 2. The number of rotatable bonds is 4. The largest absolute Gasteiger partial charge is 0.416 e. The molecule has 0 fully saturated rings. The molecular weight excluding hydrogens is 297 g/mol. The minimum Gasteiger partial charge on any atom is -0.382 e. The maximum atomic E-state index is 12.1. The molecule has 1 unspecified atom stereocenters. The number of halogens is 3. The molecule has 2 aromatic rings. The van der Waals surface area contributed by atoms with Gasteiger partial charge in [-0.25, -0.2) is 0 Å². The van der Waals surface area contributed by atoms with E-state index in [-0.39, 0.29) is 5.69 Å². The molecule has 1 amide bonds. The zero-order chi connectivity index (χ0) is 14.8. The Kier molecular flexibility index (Phi) is 4.09. The van der Waals surface area contributed by atoms with Crippen LogP contribution in [-0.2, 0) is 0 Å². The molecule has 0 aromatic carbocycles. The summed E-state index contributed by atoms with van der Waals surface area (Å²) in [6, 6.07) is 4.85. The van der Waals surface area contributed by atoms with E-state index in [2.05, 4.69) is 5.16 Å². The lowest BCUT2D eigenvalue weighted by atomic mass is 10.3. The molecule has 20 heavy (non-hydrogen) atoms. The summed E-state index contributed by atoms with van der Waals surface area (Å²) >= 11 is 1.37. The van der Waals surface area contributed by atoms with Gasteiger partial charge in [-0.3, -0.25) is 4.79 Å². The first-order valence-electron chi connectivity index (χ1n) is 5.41. The Morgan fingerprint density at radius 3 is 2.90 bits per heavy atom. The van der Waals surface area contributed by atoms with Crippen LogP contribution in [0.15, 0.2) is 28.1 Å². The first-order chi connectivity index (χ1) is 9.38. The van der Waals surface area contributed by atoms with E-state index in [4.69, 9.17) is 9.63 Å². The van der Waals surface area contributed by atoms with Crippen LogP contribution in [0.1, 0.15) is 10.5 Å². The smallest absolute Gasteiger partial charge is 0.382 e. The molecule has 5 nitrogen and oxygen atoms in total. The fraction of sp³-hybridized carbons (Fsp3) is 0.273. The van der Waals surface area contributed by atoms with Crippen LogP contribution in [-0.4, -0.2) is 35.0 Å². The molecule has 0 aliphatic heterocycles. The van der Waals surface area contributed by atoms with E-state index < -0.39 is 24.7 Å². The lowest BCUT2D eigenvalue weighted by Gasteiger charge is -2.14. The van der Waals surface area contributed by atoms with Crippen molar-refractivity contribution in [1.29, 1.82) is 0 Å². The Labute approximate surface area is 115 Å². The second-order valence-corrected chi connectivity index (χ2v) is 4.77. The van der Waals surface area contributed by atoms with Crippen molar-refractivity contribution in [3.8, 4) is 10.6 Å². The topological polar surface area (TPSA) is 75.4 Å². The van der Waals surface area contributed by atoms with Crippen LogP contribution in [0.2, 0.25) is 0 Å². The Morgan fingerprint density at radius 2 is 2.30 bits per heavy atom. The number of hydrogen-bond acceptors (Lipinski definition) is 5. The van der Waals surface area contributed by atoms with Crippen LogP contribution >= 0.6 is 11.3 Å². The van der Waals surface area contributed by atoms with E-state index in [1.54, 1.807) is 17.5 Å². The highest BCUT2D eigenvalue weighted by atomic mass is 32.1. The summed E-state index contributed by atoms with van der Waals surface area (Å²) in [5.74, 6) is -0.499. The quantitative estimate of drug-likeness (QED) is 0.906. The second kappa shape index (κ2) is 5.63. The van der Waals surface area contributed by atoms with Gasteiger partial charge in [-0.1, -0.05) is 11.2 Å². The second-order valence-electron chi connectivity index (χ2n) is 3.82. The first-order valence-corrected chi connectivity index (χ1v) is 6.29. The molecule has 0 bridgehead atoms. The van der Waals surface area contributed by atoms with Gasteiger partial charge in [-0.2, -0.15) is 13.2 Å². The van der Waals surface area contributed by atoms with Crippen LogP contribution in [0.25, 0.3) is 10.6 Å². The average Bonchev–Trinajstić information content (AvgIpc) is 3.03. The molecule has 2 heterocycles. The molecule has 0 aliphatic carbocycles. The number of thiophene rings is 1. The predicted molar refractivity (Wildman–Crippen MR) is 64.2 cm³/mol. The summed E-state index contributed by atoms with van der Waals surface area (Å²) in [6.07, 6.45) is -7.39. The van der Waals surface area contributed by atoms with Crippen molar-refractivity contribution in [1.82, 2.24) is 10.5 Å². The van der Waals surface area contributed by atoms with Gasteiger partial charge in [0.15, 0.2) is 17.6 Å². The summed E-state index contributed by atoms with van der Waals surface area (Å²) in [7, 11) is 0. The van der Waals surface area contributed by atoms with Crippen molar-refractivity contribution >= 4 is 17.2 Å². The van der Waals surface area contributed by atoms with Gasteiger partial charge in [0.1, 0.15) is 0 Å². The van der Waals surface area contributed by atoms with Crippen LogP contribution in [0, 0.1) is 0 Å². The Hall–Kier alpha value is -1.87. The van der Waals surface area contributed by atoms with Gasteiger partial charge in [0, 0.05) is 6.07 Å². The molecule has 0 saturated heterocycles. The molecule has 0 aliphatic rings. The van der Waals surface area contributed by atoms with Crippen LogP contribution in [0.3, 0.4) is 0 Å². The lowest BCUT2D eigenvalue weighted by Crippen LogP contribution is -2.40. The molecular formula is C11H9F3N2O3S. The number of alkyl halides is 3. The molecule has 1 atom stereocenters. The molecule has 2 N–H and O–H groups in total. The van der Waals surface area contributed by atoms with Gasteiger partial charge in [-0.05, 0) is 11.4 Å². The molecule has 0 spiro atoms. The number of aliphatic hydroxyl groups is 1. The van der Waals surface area contributed by atoms with Crippen LogP contribution in [0.4, 0.5) is 13.2 Å². The van der Waals surface area contributed by atoms with Crippen LogP contribution in [0.5, 0.6) is 0 Å². The summed E-state index contributed by atoms with van der Waals surface area (Å²) in [5, 5.41) is 16.0. The van der Waals surface area contributed by atoms with Crippen molar-refractivity contribution < 1.29 is 27.6 Å². The van der Waals surface area contributed by atoms with Crippen LogP contribution < -0.4 is 5.32 Å². The van der Waals surface area contributed by atoms with Gasteiger partial charge >= 0.3 is 6.18 Å². The zero-order valence-corrected chi connectivity index (χ0v) is 10.7. The van der Waals surface area contributed by atoms with Gasteiger partial charge in [0.05, 0.1) is 11.4 Å². The van der Waals surface area contributed by atoms with Crippen molar-refractivity contribution in [2.45, 2.75) is 12.3 Å². The van der Waals surface area contributed by atoms with E-state index in [0.717, 1.165) is 4.88 Å². The molecule has 0 saturated carbocycles. The highest BCUT2D eigenvalue weighted by Gasteiger charge is 2.38. The van der Waals surface area contributed by atoms with Crippen molar-refractivity contribution in [3.05, 3.63) is 29.3 Å². The predicted octanol–water partition coefficient (Wildman–Crippen LogP) is 2.06. The minimum absolute atomic E-state index is 0.150. The third-order valence-corrected chi connectivity index (χ3v) is 3.23. The van der Waals surface area contributed by atoms with Gasteiger partial charge < -0.3 is 14.9 Å². The van der Waals surface area contributed by atoms with E-state index in [1.807, 2.05) is 5.32 Å². The minimum atomic E-state index is -4.78. The average molecular weight is 306 g/mol. The number of aliphatic hydroxyl groups excluding tert-OH is 1. The van der Waals surface area contributed by atoms with Crippen molar-refractivity contribution in [3.63, 3.8) is 0 Å². The molecule has 108 valence electrons. The van der Waals surface area contributed by atoms with E-state index in [0.29, 0.717) is 5.76 Å². The highest BCUT2D eigenvalue weighted by Crippen LogP contribution is 2.25. The maximum Gasteiger partial charge on any atom is 0.416 e. The van der Waals surface area contributed by atoms with E-state index in [1.165, 1.54) is 17.4 Å². The summed E-state index contributed by atoms with van der Waals surface area (Å²) in [5.41, 5.74) is -0.150. The zero-order valence-electron chi connectivity index (χ0n) is 9.85. The number of carbonyl (C=O) groups is 1. The molecule has 0 radical (unpaired) electrons. The number of nitrogens with zero attached hydrogens (tertiary/aromatic N) is 1. The monoisotopic (exact) mass is 306 g/mol. The fourth-order valence-electron chi connectivity index (χ4n) is 1.31. The Morgan fingerprint density at radius 1 is 1.55 bits per heavy atom. The number of aromatic nitrogens is 1. The molecule has 2 rings (SSSR count). The van der Waals surface area contributed by atoms with E-state index in [9.17, 15) is 18.0 Å². The first kappa shape index (κ1) is 14.5. The van der Waals surface area contributed by atoms with Gasteiger partial charge in [0.2, 0.25) is 0 Å². The van der Waals surface area contributed by atoms with Crippen molar-refractivity contribution in [2.75, 3.05) is 6.54 Å². The van der Waals surface area contributed by atoms with Gasteiger partial charge in [-0.15, -0.1) is 11.3 Å². The number of nitrogens with one attached hydrogen (secondary N) is 1. The summed E-state index contributed by atoms with van der Waals surface area (Å²) < 4.78 is 41.1. The normalized spacial score (nSPS) is 13.2. The highest BCUT2D eigenvalue weighted by molar-refractivity contribution is 7.13. The third-order valence-electron chi connectivity index (χ3n) is 2.34.